The third-order valence-corrected chi connectivity index (χ3v) is 7.96. The molecule has 4 rings (SSSR count). The van der Waals surface area contributed by atoms with Crippen LogP contribution in [0.25, 0.3) is 22.4 Å². The Kier molecular flexibility index (Phi) is 12.5. The number of nitrogens with zero attached hydrogens (tertiary/aromatic N) is 4. The molecule has 42 heavy (non-hydrogen) atoms. The SMILES string of the molecule is CCOCCOCCCCCN(C(=O)N[C@@H]1CCC[C@H](Nc2nc(-c3c[nH]c4ncc(Cl)cc34)ncc2Cl)C1)C(C)C. The number of halogens is 2. The van der Waals surface area contributed by atoms with Gasteiger partial charge in [-0.25, -0.2) is 19.7 Å². The van der Waals surface area contributed by atoms with Crippen LogP contribution in [0.2, 0.25) is 10.0 Å². The van der Waals surface area contributed by atoms with Crippen LogP contribution in [0.1, 0.15) is 65.7 Å². The number of aromatic nitrogens is 4. The Balaban J connectivity index is 1.28. The minimum absolute atomic E-state index is 0.00225. The van der Waals surface area contributed by atoms with Gasteiger partial charge in [0, 0.05) is 61.2 Å². The molecule has 1 fully saturated rings. The van der Waals surface area contributed by atoms with Crippen LogP contribution in [0, 0.1) is 0 Å². The molecule has 0 spiro atoms. The largest absolute Gasteiger partial charge is 0.379 e. The Bertz CT molecular complexity index is 1290. The van der Waals surface area contributed by atoms with Crippen LogP contribution in [-0.4, -0.2) is 82.0 Å². The van der Waals surface area contributed by atoms with Gasteiger partial charge >= 0.3 is 6.03 Å². The zero-order chi connectivity index (χ0) is 29.9. The fraction of sp³-hybridized carbons (Fsp3) is 0.600. The van der Waals surface area contributed by atoms with Crippen LogP contribution in [0.15, 0.2) is 24.7 Å². The number of carbonyl (C=O) groups excluding carboxylic acids is 1. The third kappa shape index (κ3) is 9.17. The Labute approximate surface area is 258 Å². The van der Waals surface area contributed by atoms with E-state index in [0.717, 1.165) is 69.0 Å². The Morgan fingerprint density at radius 3 is 2.71 bits per heavy atom. The summed E-state index contributed by atoms with van der Waals surface area (Å²) in [6.45, 7) is 9.55. The summed E-state index contributed by atoms with van der Waals surface area (Å²) in [6.07, 6.45) is 11.7. The maximum atomic E-state index is 13.2. The molecule has 3 heterocycles. The topological polar surface area (TPSA) is 117 Å². The molecular weight excluding hydrogens is 577 g/mol. The van der Waals surface area contributed by atoms with Crippen molar-refractivity contribution < 1.29 is 14.3 Å². The number of H-pyrrole nitrogens is 1. The number of fused-ring (bicyclic) bond motifs is 1. The van der Waals surface area contributed by atoms with Gasteiger partial charge in [-0.3, -0.25) is 0 Å². The van der Waals surface area contributed by atoms with E-state index >= 15 is 0 Å². The molecule has 1 saturated carbocycles. The number of aromatic amines is 1. The number of nitrogens with one attached hydrogen (secondary N) is 3. The molecule has 12 heteroatoms. The Morgan fingerprint density at radius 1 is 1.10 bits per heavy atom. The summed E-state index contributed by atoms with van der Waals surface area (Å²) >= 11 is 12.7. The monoisotopic (exact) mass is 619 g/mol. The second kappa shape index (κ2) is 16.3. The number of amides is 2. The maximum absolute atomic E-state index is 13.2. The van der Waals surface area contributed by atoms with E-state index in [4.69, 9.17) is 37.7 Å². The van der Waals surface area contributed by atoms with Crippen molar-refractivity contribution in [1.82, 2.24) is 30.2 Å². The quantitative estimate of drug-likeness (QED) is 0.162. The van der Waals surface area contributed by atoms with E-state index in [-0.39, 0.29) is 24.2 Å². The number of anilines is 1. The molecule has 1 aliphatic rings. The number of hydrogen-bond acceptors (Lipinski definition) is 7. The van der Waals surface area contributed by atoms with Crippen molar-refractivity contribution in [2.45, 2.75) is 83.8 Å². The Hall–Kier alpha value is -2.66. The third-order valence-electron chi connectivity index (χ3n) is 7.47. The molecule has 3 N–H and O–H groups in total. The van der Waals surface area contributed by atoms with Crippen molar-refractivity contribution in [3.8, 4) is 11.4 Å². The van der Waals surface area contributed by atoms with Crippen LogP contribution >= 0.6 is 23.2 Å². The lowest BCUT2D eigenvalue weighted by molar-refractivity contribution is 0.0511. The van der Waals surface area contributed by atoms with Gasteiger partial charge in [-0.2, -0.15) is 0 Å². The normalized spacial score (nSPS) is 17.1. The van der Waals surface area contributed by atoms with Gasteiger partial charge in [-0.05, 0) is 71.8 Å². The lowest BCUT2D eigenvalue weighted by Gasteiger charge is -2.34. The van der Waals surface area contributed by atoms with Crippen molar-refractivity contribution in [2.75, 3.05) is 38.3 Å². The predicted molar refractivity (Wildman–Crippen MR) is 168 cm³/mol. The van der Waals surface area contributed by atoms with Gasteiger partial charge in [0.15, 0.2) is 5.82 Å². The number of pyridine rings is 1. The molecule has 0 radical (unpaired) electrons. The van der Waals surface area contributed by atoms with Crippen molar-refractivity contribution in [1.29, 1.82) is 0 Å². The molecule has 0 aliphatic heterocycles. The standard InChI is InChI=1S/C30H43Cl2N7O3/c1-4-41-13-14-42-12-7-5-6-11-39(20(2)3)30(40)37-23-10-8-9-22(16-23)36-29-26(32)19-35-28(38-29)25-18-34-27-24(25)15-21(31)17-33-27/h15,17-20,22-23H,4-14,16H2,1-3H3,(H,33,34)(H,37,40)(H,35,36,38)/t22-,23+/m0/s1. The van der Waals surface area contributed by atoms with Crippen LogP contribution in [-0.2, 0) is 9.47 Å². The summed E-state index contributed by atoms with van der Waals surface area (Å²) in [4.78, 5) is 31.8. The van der Waals surface area contributed by atoms with E-state index in [1.807, 2.05) is 24.1 Å². The maximum Gasteiger partial charge on any atom is 0.317 e. The van der Waals surface area contributed by atoms with Gasteiger partial charge in [-0.1, -0.05) is 23.2 Å². The molecule has 0 bridgehead atoms. The van der Waals surface area contributed by atoms with Crippen molar-refractivity contribution in [2.24, 2.45) is 0 Å². The Morgan fingerprint density at radius 2 is 1.90 bits per heavy atom. The lowest BCUT2D eigenvalue weighted by Crippen LogP contribution is -2.50. The first-order chi connectivity index (χ1) is 20.4. The zero-order valence-corrected chi connectivity index (χ0v) is 26.3. The summed E-state index contributed by atoms with van der Waals surface area (Å²) in [5, 5.41) is 8.64. The predicted octanol–water partition coefficient (Wildman–Crippen LogP) is 6.69. The first-order valence-corrected chi connectivity index (χ1v) is 15.8. The molecule has 0 aromatic carbocycles. The summed E-state index contributed by atoms with van der Waals surface area (Å²) in [5.41, 5.74) is 1.52. The van der Waals surface area contributed by atoms with Gasteiger partial charge in [0.2, 0.25) is 0 Å². The summed E-state index contributed by atoms with van der Waals surface area (Å²) in [6, 6.07) is 2.16. The van der Waals surface area contributed by atoms with E-state index < -0.39 is 0 Å². The fourth-order valence-corrected chi connectivity index (χ4v) is 5.59. The zero-order valence-electron chi connectivity index (χ0n) is 24.8. The number of ether oxygens (including phenoxy) is 2. The first kappa shape index (κ1) is 32.3. The highest BCUT2D eigenvalue weighted by molar-refractivity contribution is 6.33. The molecule has 3 aromatic rings. The highest BCUT2D eigenvalue weighted by atomic mass is 35.5. The van der Waals surface area contributed by atoms with Gasteiger partial charge in [0.25, 0.3) is 0 Å². The minimum Gasteiger partial charge on any atom is -0.379 e. The second-order valence-electron chi connectivity index (χ2n) is 11.0. The van der Waals surface area contributed by atoms with Gasteiger partial charge in [0.1, 0.15) is 16.5 Å². The van der Waals surface area contributed by atoms with Crippen LogP contribution < -0.4 is 10.6 Å². The van der Waals surface area contributed by atoms with E-state index in [1.54, 1.807) is 12.4 Å². The highest BCUT2D eigenvalue weighted by Crippen LogP contribution is 2.31. The van der Waals surface area contributed by atoms with Gasteiger partial charge in [-0.15, -0.1) is 0 Å². The van der Waals surface area contributed by atoms with Crippen LogP contribution in [0.3, 0.4) is 0 Å². The number of unbranched alkanes of at least 4 members (excludes halogenated alkanes) is 2. The van der Waals surface area contributed by atoms with E-state index in [9.17, 15) is 4.79 Å². The van der Waals surface area contributed by atoms with Crippen molar-refractivity contribution in [3.05, 3.63) is 34.7 Å². The minimum atomic E-state index is -0.00225. The van der Waals surface area contributed by atoms with E-state index in [1.165, 1.54) is 0 Å². The fourth-order valence-electron chi connectivity index (χ4n) is 5.29. The first-order valence-electron chi connectivity index (χ1n) is 15.0. The molecule has 3 aromatic heterocycles. The molecule has 0 saturated heterocycles. The summed E-state index contributed by atoms with van der Waals surface area (Å²) in [7, 11) is 0. The second-order valence-corrected chi connectivity index (χ2v) is 11.8. The highest BCUT2D eigenvalue weighted by Gasteiger charge is 2.27. The van der Waals surface area contributed by atoms with Crippen molar-refractivity contribution in [3.63, 3.8) is 0 Å². The number of hydrogen-bond donors (Lipinski definition) is 3. The molecule has 230 valence electrons. The van der Waals surface area contributed by atoms with Gasteiger partial charge < -0.3 is 30.0 Å². The molecular formula is C30H43Cl2N7O3. The average Bonchev–Trinajstić information content (AvgIpc) is 3.38. The average molecular weight is 621 g/mol. The van der Waals surface area contributed by atoms with E-state index in [2.05, 4.69) is 39.4 Å². The molecule has 2 amide bonds. The van der Waals surface area contributed by atoms with E-state index in [0.29, 0.717) is 47.2 Å². The molecule has 0 unspecified atom stereocenters. The summed E-state index contributed by atoms with van der Waals surface area (Å²) < 4.78 is 10.9. The lowest BCUT2D eigenvalue weighted by atomic mass is 9.91. The summed E-state index contributed by atoms with van der Waals surface area (Å²) in [5.74, 6) is 1.11. The smallest absolute Gasteiger partial charge is 0.317 e. The van der Waals surface area contributed by atoms with Crippen LogP contribution in [0.4, 0.5) is 10.6 Å². The number of rotatable bonds is 15. The number of carbonyl (C=O) groups is 1. The van der Waals surface area contributed by atoms with Gasteiger partial charge in [0.05, 0.1) is 24.4 Å². The van der Waals surface area contributed by atoms with Crippen molar-refractivity contribution >= 4 is 46.1 Å². The van der Waals surface area contributed by atoms with Crippen LogP contribution in [0.5, 0.6) is 0 Å². The molecule has 1 aliphatic carbocycles. The molecule has 2 atom stereocenters. The molecule has 10 nitrogen and oxygen atoms in total. The number of urea groups is 1.